The van der Waals surface area contributed by atoms with Crippen molar-refractivity contribution in [3.8, 4) is 9.88 Å². The predicted molar refractivity (Wildman–Crippen MR) is 96.0 cm³/mol. The van der Waals surface area contributed by atoms with Gasteiger partial charge in [0.15, 0.2) is 0 Å². The number of anilines is 1. The van der Waals surface area contributed by atoms with Crippen LogP contribution < -0.4 is 5.32 Å². The number of rotatable bonds is 4. The lowest BCUT2D eigenvalue weighted by atomic mass is 10.2. The average molecular weight is 359 g/mol. The molecule has 2 aromatic heterocycles. The van der Waals surface area contributed by atoms with Gasteiger partial charge in [-0.15, -0.1) is 22.7 Å². The Kier molecular flexibility index (Phi) is 4.41. The Balaban J connectivity index is 1.86. The third kappa shape index (κ3) is 3.19. The van der Waals surface area contributed by atoms with Gasteiger partial charge in [-0.25, -0.2) is 4.98 Å². The lowest BCUT2D eigenvalue weighted by Gasteiger charge is -2.05. The molecule has 0 bridgehead atoms. The number of hydrogen-bond acceptors (Lipinski definition) is 6. The number of nitro benzene ring substituents is 1. The Hall–Kier alpha value is -2.58. The summed E-state index contributed by atoms with van der Waals surface area (Å²) in [6.45, 7) is 3.44. The van der Waals surface area contributed by atoms with E-state index in [-0.39, 0.29) is 11.6 Å². The van der Waals surface area contributed by atoms with Crippen molar-refractivity contribution in [3.05, 3.63) is 62.0 Å². The van der Waals surface area contributed by atoms with Gasteiger partial charge in [-0.1, -0.05) is 12.1 Å². The van der Waals surface area contributed by atoms with Crippen molar-refractivity contribution in [2.45, 2.75) is 13.8 Å². The first kappa shape index (κ1) is 16.3. The summed E-state index contributed by atoms with van der Waals surface area (Å²) in [5.41, 5.74) is 1.56. The van der Waals surface area contributed by atoms with E-state index in [0.29, 0.717) is 21.8 Å². The maximum Gasteiger partial charge on any atom is 0.274 e. The molecular formula is C16H13N3O3S2. The molecule has 122 valence electrons. The Morgan fingerprint density at radius 2 is 2.08 bits per heavy atom. The molecule has 0 fully saturated rings. The molecule has 0 saturated carbocycles. The number of carbonyl (C=O) groups is 1. The van der Waals surface area contributed by atoms with E-state index in [1.54, 1.807) is 37.3 Å². The maximum absolute atomic E-state index is 12.5. The van der Waals surface area contributed by atoms with E-state index in [1.165, 1.54) is 17.4 Å². The van der Waals surface area contributed by atoms with Gasteiger partial charge in [0.25, 0.3) is 11.6 Å². The summed E-state index contributed by atoms with van der Waals surface area (Å²) in [4.78, 5) is 29.0. The molecule has 0 aliphatic carbocycles. The smallest absolute Gasteiger partial charge is 0.274 e. The van der Waals surface area contributed by atoms with E-state index in [0.717, 1.165) is 9.88 Å². The minimum atomic E-state index is -0.460. The highest BCUT2D eigenvalue weighted by atomic mass is 32.1. The van der Waals surface area contributed by atoms with Crippen molar-refractivity contribution >= 4 is 40.0 Å². The first-order chi connectivity index (χ1) is 11.5. The largest absolute Gasteiger partial charge is 0.321 e. The second kappa shape index (κ2) is 6.50. The zero-order chi connectivity index (χ0) is 17.3. The highest BCUT2D eigenvalue weighted by Gasteiger charge is 2.18. The van der Waals surface area contributed by atoms with Crippen LogP contribution in [0, 0.1) is 24.0 Å². The molecule has 0 spiro atoms. The van der Waals surface area contributed by atoms with Crippen LogP contribution in [0.1, 0.15) is 20.9 Å². The number of thiazole rings is 1. The number of aryl methyl sites for hydroxylation is 2. The van der Waals surface area contributed by atoms with Crippen molar-refractivity contribution in [2.24, 2.45) is 0 Å². The minimum absolute atomic E-state index is 0.0203. The van der Waals surface area contributed by atoms with Crippen molar-refractivity contribution in [3.63, 3.8) is 0 Å². The molecule has 2 heterocycles. The van der Waals surface area contributed by atoms with Crippen molar-refractivity contribution in [1.29, 1.82) is 0 Å². The lowest BCUT2D eigenvalue weighted by Crippen LogP contribution is -2.11. The second-order valence-corrected chi connectivity index (χ2v) is 7.07. The van der Waals surface area contributed by atoms with Crippen molar-refractivity contribution < 1.29 is 9.72 Å². The van der Waals surface area contributed by atoms with E-state index in [1.807, 2.05) is 17.5 Å². The van der Waals surface area contributed by atoms with Gasteiger partial charge in [0, 0.05) is 17.3 Å². The van der Waals surface area contributed by atoms with Crippen molar-refractivity contribution in [1.82, 2.24) is 4.98 Å². The van der Waals surface area contributed by atoms with Crippen LogP contribution in [0.2, 0.25) is 0 Å². The minimum Gasteiger partial charge on any atom is -0.321 e. The summed E-state index contributed by atoms with van der Waals surface area (Å²) >= 11 is 2.87. The Bertz CT molecular complexity index is 917. The van der Waals surface area contributed by atoms with Gasteiger partial charge in [-0.05, 0) is 31.4 Å². The number of carbonyl (C=O) groups excluding carboxylic acids is 1. The van der Waals surface area contributed by atoms with Crippen LogP contribution in [0.3, 0.4) is 0 Å². The molecule has 6 nitrogen and oxygen atoms in total. The Labute approximate surface area is 146 Å². The molecule has 0 saturated heterocycles. The van der Waals surface area contributed by atoms with E-state index < -0.39 is 4.92 Å². The molecule has 3 rings (SSSR count). The Morgan fingerprint density at radius 3 is 2.75 bits per heavy atom. The van der Waals surface area contributed by atoms with Crippen LogP contribution in [0.15, 0.2) is 35.7 Å². The third-order valence-electron chi connectivity index (χ3n) is 3.40. The monoisotopic (exact) mass is 359 g/mol. The number of nitrogens with one attached hydrogen (secondary N) is 1. The molecule has 24 heavy (non-hydrogen) atoms. The summed E-state index contributed by atoms with van der Waals surface area (Å²) in [5.74, 6) is -0.314. The number of hydrogen-bond donors (Lipinski definition) is 1. The van der Waals surface area contributed by atoms with Crippen LogP contribution in [-0.2, 0) is 0 Å². The number of benzene rings is 1. The number of amides is 1. The third-order valence-corrected chi connectivity index (χ3v) is 5.59. The summed E-state index contributed by atoms with van der Waals surface area (Å²) in [6, 6.07) is 8.51. The normalized spacial score (nSPS) is 10.6. The van der Waals surface area contributed by atoms with E-state index in [2.05, 4.69) is 10.3 Å². The first-order valence-electron chi connectivity index (χ1n) is 7.03. The SMILES string of the molecule is Cc1ccc(NC(=O)c2sc(-c3cccs3)nc2C)cc1[N+](=O)[O-]. The summed E-state index contributed by atoms with van der Waals surface area (Å²) in [5, 5.41) is 16.5. The molecule has 0 atom stereocenters. The second-order valence-electron chi connectivity index (χ2n) is 5.12. The first-order valence-corrected chi connectivity index (χ1v) is 8.73. The molecule has 1 aromatic carbocycles. The summed E-state index contributed by atoms with van der Waals surface area (Å²) in [6.07, 6.45) is 0. The van der Waals surface area contributed by atoms with Crippen molar-refractivity contribution in [2.75, 3.05) is 5.32 Å². The number of thiophene rings is 1. The van der Waals surface area contributed by atoms with Gasteiger partial charge in [-0.3, -0.25) is 14.9 Å². The fourth-order valence-electron chi connectivity index (χ4n) is 2.18. The molecule has 0 radical (unpaired) electrons. The number of nitrogens with zero attached hydrogens (tertiary/aromatic N) is 2. The van der Waals surface area contributed by atoms with E-state index >= 15 is 0 Å². The quantitative estimate of drug-likeness (QED) is 0.543. The van der Waals surface area contributed by atoms with Gasteiger partial charge < -0.3 is 5.32 Å². The molecule has 0 aliphatic heterocycles. The van der Waals surface area contributed by atoms with Gasteiger partial charge >= 0.3 is 0 Å². The molecule has 1 amide bonds. The fraction of sp³-hybridized carbons (Fsp3) is 0.125. The standard InChI is InChI=1S/C16H13N3O3S2/c1-9-5-6-11(8-12(9)19(21)22)18-15(20)14-10(2)17-16(24-14)13-4-3-7-23-13/h3-8H,1-2H3,(H,18,20). The molecule has 3 aromatic rings. The van der Waals surface area contributed by atoms with Gasteiger partial charge in [-0.2, -0.15) is 0 Å². The predicted octanol–water partition coefficient (Wildman–Crippen LogP) is 4.65. The van der Waals surface area contributed by atoms with Crippen LogP contribution in [-0.4, -0.2) is 15.8 Å². The van der Waals surface area contributed by atoms with Gasteiger partial charge in [0.1, 0.15) is 9.88 Å². The molecule has 0 aliphatic rings. The molecule has 8 heteroatoms. The average Bonchev–Trinajstić information content (AvgIpc) is 3.18. The highest BCUT2D eigenvalue weighted by molar-refractivity contribution is 7.22. The Morgan fingerprint density at radius 1 is 1.29 bits per heavy atom. The van der Waals surface area contributed by atoms with Crippen LogP contribution >= 0.6 is 22.7 Å². The van der Waals surface area contributed by atoms with Crippen LogP contribution in [0.5, 0.6) is 0 Å². The lowest BCUT2D eigenvalue weighted by molar-refractivity contribution is -0.385. The molecular weight excluding hydrogens is 346 g/mol. The number of aromatic nitrogens is 1. The zero-order valence-corrected chi connectivity index (χ0v) is 14.5. The van der Waals surface area contributed by atoms with Crippen LogP contribution in [0.4, 0.5) is 11.4 Å². The van der Waals surface area contributed by atoms with E-state index in [4.69, 9.17) is 0 Å². The maximum atomic E-state index is 12.5. The highest BCUT2D eigenvalue weighted by Crippen LogP contribution is 2.31. The summed E-state index contributed by atoms with van der Waals surface area (Å²) in [7, 11) is 0. The fourth-order valence-corrected chi connectivity index (χ4v) is 3.94. The number of nitro groups is 1. The van der Waals surface area contributed by atoms with Gasteiger partial charge in [0.2, 0.25) is 0 Å². The van der Waals surface area contributed by atoms with Gasteiger partial charge in [0.05, 0.1) is 15.5 Å². The van der Waals surface area contributed by atoms with Crippen LogP contribution in [0.25, 0.3) is 9.88 Å². The molecule has 1 N–H and O–H groups in total. The molecule has 0 unspecified atom stereocenters. The van der Waals surface area contributed by atoms with E-state index in [9.17, 15) is 14.9 Å². The zero-order valence-electron chi connectivity index (χ0n) is 12.9. The summed E-state index contributed by atoms with van der Waals surface area (Å²) < 4.78 is 0. The topological polar surface area (TPSA) is 85.1 Å².